The molecular weight excluding hydrogens is 308 g/mol. The second kappa shape index (κ2) is 9.70. The molecule has 6 nitrogen and oxygen atoms in total. The molecule has 0 bridgehead atoms. The summed E-state index contributed by atoms with van der Waals surface area (Å²) in [6, 6.07) is 6.28. The van der Waals surface area contributed by atoms with Crippen molar-refractivity contribution in [2.24, 2.45) is 5.92 Å². The van der Waals surface area contributed by atoms with Gasteiger partial charge in [-0.3, -0.25) is 9.59 Å². The fourth-order valence-electron chi connectivity index (χ4n) is 2.31. The van der Waals surface area contributed by atoms with E-state index in [-0.39, 0.29) is 18.4 Å². The molecule has 1 rings (SSSR count). The molecule has 1 atom stereocenters. The molecule has 0 saturated heterocycles. The summed E-state index contributed by atoms with van der Waals surface area (Å²) in [5, 5.41) is 14.0. The normalized spacial score (nSPS) is 11.8. The molecule has 0 saturated carbocycles. The molecule has 0 aromatic heterocycles. The fraction of sp³-hybridized carbons (Fsp3) is 0.500. The van der Waals surface area contributed by atoms with Gasteiger partial charge < -0.3 is 15.7 Å². The Kier molecular flexibility index (Phi) is 7.95. The highest BCUT2D eigenvalue weighted by Crippen LogP contribution is 2.07. The lowest BCUT2D eigenvalue weighted by atomic mass is 10.0. The molecule has 2 amide bonds. The highest BCUT2D eigenvalue weighted by molar-refractivity contribution is 5.96. The third kappa shape index (κ3) is 6.81. The van der Waals surface area contributed by atoms with Crippen molar-refractivity contribution in [3.63, 3.8) is 0 Å². The first kappa shape index (κ1) is 19.7. The van der Waals surface area contributed by atoms with Gasteiger partial charge >= 0.3 is 5.97 Å². The summed E-state index contributed by atoms with van der Waals surface area (Å²) >= 11 is 0. The van der Waals surface area contributed by atoms with Crippen molar-refractivity contribution in [3.05, 3.63) is 35.4 Å². The number of aliphatic carboxylic acids is 1. The summed E-state index contributed by atoms with van der Waals surface area (Å²) < 4.78 is 0. The summed E-state index contributed by atoms with van der Waals surface area (Å²) in [4.78, 5) is 34.9. The monoisotopic (exact) mass is 334 g/mol. The zero-order chi connectivity index (χ0) is 18.1. The largest absolute Gasteiger partial charge is 0.480 e. The van der Waals surface area contributed by atoms with Gasteiger partial charge in [-0.1, -0.05) is 39.3 Å². The molecule has 0 aliphatic heterocycles. The minimum Gasteiger partial charge on any atom is -0.480 e. The number of nitrogens with one attached hydrogen (secondary N) is 2. The third-order valence-corrected chi connectivity index (χ3v) is 3.50. The van der Waals surface area contributed by atoms with E-state index in [0.717, 1.165) is 18.4 Å². The van der Waals surface area contributed by atoms with Crippen LogP contribution in [0.1, 0.15) is 49.5 Å². The van der Waals surface area contributed by atoms with Crippen molar-refractivity contribution in [3.8, 4) is 0 Å². The molecule has 0 radical (unpaired) electrons. The Morgan fingerprint density at radius 2 is 1.75 bits per heavy atom. The summed E-state index contributed by atoms with van der Waals surface area (Å²) in [6.45, 7) is 5.60. The molecule has 0 aliphatic rings. The van der Waals surface area contributed by atoms with Gasteiger partial charge in [-0.2, -0.15) is 0 Å². The molecule has 0 fully saturated rings. The first-order chi connectivity index (χ1) is 11.3. The minimum absolute atomic E-state index is 0.141. The molecule has 24 heavy (non-hydrogen) atoms. The van der Waals surface area contributed by atoms with Gasteiger partial charge in [-0.25, -0.2) is 4.79 Å². The van der Waals surface area contributed by atoms with Crippen LogP contribution in [-0.2, 0) is 16.0 Å². The zero-order valence-electron chi connectivity index (χ0n) is 14.5. The van der Waals surface area contributed by atoms with Crippen LogP contribution in [0.3, 0.4) is 0 Å². The predicted octanol–water partition coefficient (Wildman–Crippen LogP) is 1.98. The van der Waals surface area contributed by atoms with Crippen molar-refractivity contribution in [1.29, 1.82) is 0 Å². The number of carbonyl (C=O) groups is 3. The van der Waals surface area contributed by atoms with E-state index in [4.69, 9.17) is 5.11 Å². The van der Waals surface area contributed by atoms with Gasteiger partial charge in [0, 0.05) is 5.56 Å². The lowest BCUT2D eigenvalue weighted by Crippen LogP contribution is -2.46. The van der Waals surface area contributed by atoms with Crippen LogP contribution in [0.4, 0.5) is 0 Å². The summed E-state index contributed by atoms with van der Waals surface area (Å²) in [5.74, 6) is -1.81. The van der Waals surface area contributed by atoms with Crippen LogP contribution >= 0.6 is 0 Å². The molecule has 0 spiro atoms. The second-order valence-corrected chi connectivity index (χ2v) is 6.22. The maximum absolute atomic E-state index is 12.0. The maximum atomic E-state index is 12.0. The zero-order valence-corrected chi connectivity index (χ0v) is 14.5. The number of amides is 2. The van der Waals surface area contributed by atoms with Crippen molar-refractivity contribution in [1.82, 2.24) is 10.6 Å². The number of carboxylic acid groups (broad SMARTS) is 1. The van der Waals surface area contributed by atoms with Crippen molar-refractivity contribution in [2.45, 2.75) is 46.1 Å². The quantitative estimate of drug-likeness (QED) is 0.643. The predicted molar refractivity (Wildman–Crippen MR) is 91.8 cm³/mol. The van der Waals surface area contributed by atoms with Crippen LogP contribution in [0.25, 0.3) is 0 Å². The number of hydrogen-bond donors (Lipinski definition) is 3. The molecular formula is C18H26N2O4. The van der Waals surface area contributed by atoms with E-state index in [1.54, 1.807) is 12.1 Å². The topological polar surface area (TPSA) is 95.5 Å². The average Bonchev–Trinajstić information content (AvgIpc) is 2.52. The van der Waals surface area contributed by atoms with E-state index >= 15 is 0 Å². The lowest BCUT2D eigenvalue weighted by molar-refractivity contribution is -0.142. The minimum atomic E-state index is -1.07. The van der Waals surface area contributed by atoms with Crippen LogP contribution in [0.5, 0.6) is 0 Å². The highest BCUT2D eigenvalue weighted by atomic mass is 16.4. The third-order valence-electron chi connectivity index (χ3n) is 3.50. The summed E-state index contributed by atoms with van der Waals surface area (Å²) in [7, 11) is 0. The highest BCUT2D eigenvalue weighted by Gasteiger charge is 2.21. The van der Waals surface area contributed by atoms with Gasteiger partial charge in [0.2, 0.25) is 5.91 Å². The van der Waals surface area contributed by atoms with Gasteiger partial charge in [0.15, 0.2) is 0 Å². The Labute approximate surface area is 142 Å². The Hall–Kier alpha value is -2.37. The Morgan fingerprint density at radius 1 is 1.12 bits per heavy atom. The van der Waals surface area contributed by atoms with E-state index in [1.165, 1.54) is 0 Å². The average molecular weight is 334 g/mol. The van der Waals surface area contributed by atoms with Crippen molar-refractivity contribution < 1.29 is 19.5 Å². The van der Waals surface area contributed by atoms with Crippen molar-refractivity contribution >= 4 is 17.8 Å². The summed E-state index contributed by atoms with van der Waals surface area (Å²) in [6.07, 6.45) is 2.33. The van der Waals surface area contributed by atoms with Crippen LogP contribution in [0, 0.1) is 5.92 Å². The summed E-state index contributed by atoms with van der Waals surface area (Å²) in [5.41, 5.74) is 1.63. The number of hydrogen-bond acceptors (Lipinski definition) is 3. The van der Waals surface area contributed by atoms with Crippen LogP contribution in [0.15, 0.2) is 24.3 Å². The molecule has 1 aromatic rings. The standard InChI is InChI=1S/C18H26N2O4/c1-4-5-13-6-8-14(9-7-13)17(22)19-11-16(21)20-15(18(23)24)10-12(2)3/h6-9,12,15H,4-5,10-11H2,1-3H3,(H,19,22)(H,20,21)(H,23,24)/t15-/m0/s1. The second-order valence-electron chi connectivity index (χ2n) is 6.22. The molecule has 132 valence electrons. The van der Waals surface area contributed by atoms with Crippen LogP contribution < -0.4 is 10.6 Å². The molecule has 3 N–H and O–H groups in total. The van der Waals surface area contributed by atoms with E-state index in [2.05, 4.69) is 17.6 Å². The fourth-order valence-corrected chi connectivity index (χ4v) is 2.31. The number of aryl methyl sites for hydroxylation is 1. The van der Waals surface area contributed by atoms with Gasteiger partial charge in [0.1, 0.15) is 6.04 Å². The van der Waals surface area contributed by atoms with Crippen molar-refractivity contribution in [2.75, 3.05) is 6.54 Å². The number of rotatable bonds is 9. The van der Waals surface area contributed by atoms with Crippen LogP contribution in [-0.4, -0.2) is 35.5 Å². The number of benzene rings is 1. The first-order valence-corrected chi connectivity index (χ1v) is 8.22. The SMILES string of the molecule is CCCc1ccc(C(=O)NCC(=O)N[C@@H](CC(C)C)C(=O)O)cc1. The van der Waals surface area contributed by atoms with E-state index in [0.29, 0.717) is 12.0 Å². The van der Waals surface area contributed by atoms with E-state index < -0.39 is 17.9 Å². The number of carbonyl (C=O) groups excluding carboxylic acids is 2. The molecule has 0 unspecified atom stereocenters. The van der Waals surface area contributed by atoms with E-state index in [1.807, 2.05) is 26.0 Å². The Balaban J connectivity index is 2.50. The Bertz CT molecular complexity index is 567. The first-order valence-electron chi connectivity index (χ1n) is 8.22. The Morgan fingerprint density at radius 3 is 2.25 bits per heavy atom. The number of carboxylic acids is 1. The van der Waals surface area contributed by atoms with Gasteiger partial charge in [-0.15, -0.1) is 0 Å². The van der Waals surface area contributed by atoms with Crippen LogP contribution in [0.2, 0.25) is 0 Å². The van der Waals surface area contributed by atoms with Gasteiger partial charge in [0.25, 0.3) is 5.91 Å². The maximum Gasteiger partial charge on any atom is 0.326 e. The lowest BCUT2D eigenvalue weighted by Gasteiger charge is -2.16. The van der Waals surface area contributed by atoms with E-state index in [9.17, 15) is 14.4 Å². The molecule has 6 heteroatoms. The van der Waals surface area contributed by atoms with Gasteiger partial charge in [-0.05, 0) is 36.5 Å². The smallest absolute Gasteiger partial charge is 0.326 e. The molecule has 0 heterocycles. The van der Waals surface area contributed by atoms with Gasteiger partial charge in [0.05, 0.1) is 6.54 Å². The molecule has 1 aromatic carbocycles. The molecule has 0 aliphatic carbocycles.